The average Bonchev–Trinajstić information content (AvgIpc) is 3.06. The zero-order valence-electron chi connectivity index (χ0n) is 17.1. The van der Waals surface area contributed by atoms with Crippen LogP contribution in [0, 0.1) is 6.92 Å². The highest BCUT2D eigenvalue weighted by Gasteiger charge is 2.33. The highest BCUT2D eigenvalue weighted by Crippen LogP contribution is 2.34. The molecule has 1 heterocycles. The second kappa shape index (κ2) is 9.42. The molecule has 3 rings (SSSR count). The molecule has 6 nitrogen and oxygen atoms in total. The lowest BCUT2D eigenvalue weighted by molar-refractivity contribution is -0.137. The molecule has 3 aromatic rings. The Hall–Kier alpha value is -3.01. The van der Waals surface area contributed by atoms with Crippen molar-refractivity contribution in [2.24, 2.45) is 7.05 Å². The molecule has 1 atom stereocenters. The number of carbonyl (C=O) groups excluding carboxylic acids is 1. The monoisotopic (exact) mass is 450 g/mol. The van der Waals surface area contributed by atoms with Gasteiger partial charge in [0, 0.05) is 7.05 Å². The van der Waals surface area contributed by atoms with Crippen molar-refractivity contribution < 1.29 is 22.7 Å². The van der Waals surface area contributed by atoms with Crippen molar-refractivity contribution >= 4 is 23.4 Å². The van der Waals surface area contributed by atoms with Crippen LogP contribution in [0.2, 0.25) is 0 Å². The maximum Gasteiger partial charge on any atom is 0.418 e. The van der Waals surface area contributed by atoms with Crippen molar-refractivity contribution in [2.45, 2.75) is 31.3 Å². The van der Waals surface area contributed by atoms with E-state index in [1.165, 1.54) is 18.2 Å². The number of hydrogen-bond acceptors (Lipinski definition) is 5. The van der Waals surface area contributed by atoms with Crippen LogP contribution in [0.3, 0.4) is 0 Å². The Balaban J connectivity index is 1.62. The smallest absolute Gasteiger partial charge is 0.418 e. The quantitative estimate of drug-likeness (QED) is 0.513. The van der Waals surface area contributed by atoms with E-state index >= 15 is 0 Å². The van der Waals surface area contributed by atoms with Crippen LogP contribution in [0.1, 0.15) is 30.0 Å². The fourth-order valence-corrected chi connectivity index (χ4v) is 3.63. The number of nitrogens with zero attached hydrogens (tertiary/aromatic N) is 3. The van der Waals surface area contributed by atoms with E-state index in [4.69, 9.17) is 4.74 Å². The minimum Gasteiger partial charge on any atom is -0.483 e. The highest BCUT2D eigenvalue weighted by atomic mass is 32.2. The Bertz CT molecular complexity index is 1070. The van der Waals surface area contributed by atoms with Gasteiger partial charge in [0.2, 0.25) is 5.91 Å². The molecule has 0 aliphatic rings. The van der Waals surface area contributed by atoms with Crippen LogP contribution in [-0.4, -0.2) is 26.4 Å². The van der Waals surface area contributed by atoms with E-state index in [-0.39, 0.29) is 17.5 Å². The number of nitrogens with one attached hydrogen (secondary N) is 1. The van der Waals surface area contributed by atoms with Crippen LogP contribution in [0.4, 0.5) is 18.9 Å². The summed E-state index contributed by atoms with van der Waals surface area (Å²) >= 11 is 1.08. The maximum absolute atomic E-state index is 13.1. The molecule has 0 radical (unpaired) electrons. The number of anilines is 1. The van der Waals surface area contributed by atoms with Gasteiger partial charge in [-0.2, -0.15) is 13.2 Å². The number of ether oxygens (including phenoxy) is 1. The Morgan fingerprint density at radius 3 is 2.65 bits per heavy atom. The fraction of sp³-hybridized carbons (Fsp3) is 0.286. The average molecular weight is 450 g/mol. The Morgan fingerprint density at radius 1 is 1.19 bits per heavy atom. The Labute approximate surface area is 181 Å². The lowest BCUT2D eigenvalue weighted by atomic mass is 10.1. The van der Waals surface area contributed by atoms with E-state index < -0.39 is 17.6 Å². The molecule has 164 valence electrons. The first-order chi connectivity index (χ1) is 14.6. The molecular weight excluding hydrogens is 429 g/mol. The first-order valence-corrected chi connectivity index (χ1v) is 10.3. The molecule has 0 aliphatic carbocycles. The van der Waals surface area contributed by atoms with Crippen molar-refractivity contribution in [2.75, 3.05) is 11.1 Å². The van der Waals surface area contributed by atoms with E-state index in [1.807, 2.05) is 38.1 Å². The van der Waals surface area contributed by atoms with Gasteiger partial charge in [0.25, 0.3) is 0 Å². The molecule has 0 saturated heterocycles. The van der Waals surface area contributed by atoms with Gasteiger partial charge >= 0.3 is 6.18 Å². The van der Waals surface area contributed by atoms with Crippen molar-refractivity contribution in [1.82, 2.24) is 14.8 Å². The number of rotatable bonds is 7. The molecule has 0 aliphatic heterocycles. The van der Waals surface area contributed by atoms with E-state index in [1.54, 1.807) is 11.6 Å². The summed E-state index contributed by atoms with van der Waals surface area (Å²) in [6.45, 7) is 3.80. The summed E-state index contributed by atoms with van der Waals surface area (Å²) in [5.74, 6) is 0.570. The number of thioether (sulfide) groups is 1. The molecule has 1 unspecified atom stereocenters. The number of carbonyl (C=O) groups is 1. The topological polar surface area (TPSA) is 69.0 Å². The third-order valence-electron chi connectivity index (χ3n) is 4.37. The minimum atomic E-state index is -4.55. The zero-order valence-corrected chi connectivity index (χ0v) is 17.9. The molecule has 2 aromatic carbocycles. The van der Waals surface area contributed by atoms with Gasteiger partial charge in [-0.05, 0) is 43.7 Å². The van der Waals surface area contributed by atoms with Crippen molar-refractivity contribution in [3.05, 3.63) is 65.5 Å². The minimum absolute atomic E-state index is 0.120. The van der Waals surface area contributed by atoms with Crippen LogP contribution in [0.5, 0.6) is 5.75 Å². The lowest BCUT2D eigenvalue weighted by Gasteiger charge is -2.15. The largest absolute Gasteiger partial charge is 0.483 e. The molecule has 10 heteroatoms. The number of benzene rings is 2. The van der Waals surface area contributed by atoms with E-state index in [2.05, 4.69) is 15.5 Å². The molecule has 0 fully saturated rings. The summed E-state index contributed by atoms with van der Waals surface area (Å²) < 4.78 is 46.8. The van der Waals surface area contributed by atoms with Crippen LogP contribution in [0.25, 0.3) is 0 Å². The first kappa shape index (κ1) is 22.7. The van der Waals surface area contributed by atoms with Gasteiger partial charge in [-0.1, -0.05) is 36.0 Å². The molecule has 1 aromatic heterocycles. The number of aryl methyl sites for hydroxylation is 1. The summed E-state index contributed by atoms with van der Waals surface area (Å²) in [5, 5.41) is 11.0. The normalized spacial score (nSPS) is 12.5. The van der Waals surface area contributed by atoms with Gasteiger partial charge in [0.05, 0.1) is 17.0 Å². The number of halogens is 3. The van der Waals surface area contributed by atoms with Crippen molar-refractivity contribution in [3.8, 4) is 5.75 Å². The second-order valence-electron chi connectivity index (χ2n) is 6.86. The third kappa shape index (κ3) is 5.78. The van der Waals surface area contributed by atoms with Crippen LogP contribution >= 0.6 is 11.8 Å². The first-order valence-electron chi connectivity index (χ1n) is 9.36. The summed E-state index contributed by atoms with van der Waals surface area (Å²) in [7, 11) is 1.74. The Morgan fingerprint density at radius 2 is 1.94 bits per heavy atom. The Kier molecular flexibility index (Phi) is 6.89. The summed E-state index contributed by atoms with van der Waals surface area (Å²) in [4.78, 5) is 12.2. The summed E-state index contributed by atoms with van der Waals surface area (Å²) in [6.07, 6.45) is -4.94. The number of para-hydroxylation sites is 1. The third-order valence-corrected chi connectivity index (χ3v) is 5.39. The predicted molar refractivity (Wildman–Crippen MR) is 112 cm³/mol. The molecule has 1 amide bonds. The van der Waals surface area contributed by atoms with Gasteiger partial charge < -0.3 is 14.6 Å². The zero-order chi connectivity index (χ0) is 22.6. The molecule has 0 saturated carbocycles. The van der Waals surface area contributed by atoms with Gasteiger partial charge in [-0.25, -0.2) is 0 Å². The van der Waals surface area contributed by atoms with E-state index in [0.29, 0.717) is 16.7 Å². The lowest BCUT2D eigenvalue weighted by Crippen LogP contribution is -2.18. The highest BCUT2D eigenvalue weighted by molar-refractivity contribution is 7.99. The maximum atomic E-state index is 13.1. The molecule has 0 bridgehead atoms. The molecular formula is C21H21F3N4O2S. The van der Waals surface area contributed by atoms with Crippen LogP contribution in [0.15, 0.2) is 53.7 Å². The van der Waals surface area contributed by atoms with Gasteiger partial charge in [-0.15, -0.1) is 10.2 Å². The number of alkyl halides is 3. The van der Waals surface area contributed by atoms with Crippen LogP contribution < -0.4 is 10.1 Å². The number of amides is 1. The molecule has 31 heavy (non-hydrogen) atoms. The predicted octanol–water partition coefficient (Wildman–Crippen LogP) is 5.01. The van der Waals surface area contributed by atoms with Gasteiger partial charge in [0.1, 0.15) is 5.75 Å². The van der Waals surface area contributed by atoms with Crippen LogP contribution in [-0.2, 0) is 18.0 Å². The molecule has 1 N–H and O–H groups in total. The number of aromatic nitrogens is 3. The van der Waals surface area contributed by atoms with E-state index in [9.17, 15) is 18.0 Å². The summed E-state index contributed by atoms with van der Waals surface area (Å²) in [5.41, 5.74) is -0.104. The molecule has 0 spiro atoms. The standard InChI is InChI=1S/C21H21F3N4O2S/c1-13-7-6-8-15(11-13)30-14(2)19-26-27-20(28(19)3)31-12-18(29)25-17-10-5-4-9-16(17)21(22,23)24/h4-11,14H,12H2,1-3H3,(H,25,29). The van der Waals surface area contributed by atoms with E-state index in [0.717, 1.165) is 23.4 Å². The SMILES string of the molecule is Cc1cccc(OC(C)c2nnc(SCC(=O)Nc3ccccc3C(F)(F)F)n2C)c1. The summed E-state index contributed by atoms with van der Waals surface area (Å²) in [6, 6.07) is 12.5. The van der Waals surface area contributed by atoms with Gasteiger partial charge in [-0.3, -0.25) is 4.79 Å². The fourth-order valence-electron chi connectivity index (χ4n) is 2.91. The van der Waals surface area contributed by atoms with Crippen molar-refractivity contribution in [3.63, 3.8) is 0 Å². The van der Waals surface area contributed by atoms with Crippen molar-refractivity contribution in [1.29, 1.82) is 0 Å². The van der Waals surface area contributed by atoms with Gasteiger partial charge in [0.15, 0.2) is 17.1 Å². The second-order valence-corrected chi connectivity index (χ2v) is 7.80. The number of hydrogen-bond donors (Lipinski definition) is 1.